The Hall–Kier alpha value is -0.610. The Morgan fingerprint density at radius 3 is 2.44 bits per heavy atom. The average Bonchev–Trinajstić information content (AvgIpc) is 2.23. The van der Waals surface area contributed by atoms with E-state index in [-0.39, 0.29) is 11.9 Å². The van der Waals surface area contributed by atoms with Gasteiger partial charge in [-0.2, -0.15) is 0 Å². The van der Waals surface area contributed by atoms with Gasteiger partial charge in [0.1, 0.15) is 0 Å². The number of hydrogen-bond donors (Lipinski definition) is 2. The molecule has 4 heteroatoms. The third-order valence-electron chi connectivity index (χ3n) is 3.34. The van der Waals surface area contributed by atoms with E-state index in [1.54, 1.807) is 0 Å². The largest absolute Gasteiger partial charge is 0.293 e. The van der Waals surface area contributed by atoms with E-state index in [9.17, 15) is 4.79 Å². The van der Waals surface area contributed by atoms with Crippen molar-refractivity contribution in [1.82, 2.24) is 10.3 Å². The standard InChI is InChI=1S/C12H25N3O/c1-4-5-11(12(16)14-13)15-7-9(2)6-10(3)8-15/h9-11H,4-8,13H2,1-3H3,(H,14,16). The summed E-state index contributed by atoms with van der Waals surface area (Å²) in [5, 5.41) is 0. The lowest BCUT2D eigenvalue weighted by Crippen LogP contribution is -2.53. The van der Waals surface area contributed by atoms with Crippen molar-refractivity contribution < 1.29 is 4.79 Å². The summed E-state index contributed by atoms with van der Waals surface area (Å²) in [6.45, 7) is 8.65. The van der Waals surface area contributed by atoms with Gasteiger partial charge in [-0.25, -0.2) is 5.84 Å². The van der Waals surface area contributed by atoms with E-state index >= 15 is 0 Å². The molecule has 3 N–H and O–H groups in total. The summed E-state index contributed by atoms with van der Waals surface area (Å²) >= 11 is 0. The molecule has 0 saturated carbocycles. The second-order valence-electron chi connectivity index (χ2n) is 5.21. The van der Waals surface area contributed by atoms with Crippen LogP contribution < -0.4 is 11.3 Å². The third-order valence-corrected chi connectivity index (χ3v) is 3.34. The zero-order valence-corrected chi connectivity index (χ0v) is 10.7. The van der Waals surface area contributed by atoms with Crippen LogP contribution in [-0.4, -0.2) is 29.9 Å². The number of carbonyl (C=O) groups excluding carboxylic acids is 1. The van der Waals surface area contributed by atoms with Gasteiger partial charge in [-0.15, -0.1) is 0 Å². The van der Waals surface area contributed by atoms with Crippen LogP contribution in [0.4, 0.5) is 0 Å². The lowest BCUT2D eigenvalue weighted by atomic mass is 9.90. The number of nitrogens with one attached hydrogen (secondary N) is 1. The summed E-state index contributed by atoms with van der Waals surface area (Å²) in [5.41, 5.74) is 2.30. The first-order valence-corrected chi connectivity index (χ1v) is 6.33. The molecule has 0 aliphatic carbocycles. The molecule has 0 spiro atoms. The van der Waals surface area contributed by atoms with Crippen LogP contribution in [0.5, 0.6) is 0 Å². The van der Waals surface area contributed by atoms with Crippen LogP contribution >= 0.6 is 0 Å². The van der Waals surface area contributed by atoms with Gasteiger partial charge < -0.3 is 0 Å². The Morgan fingerprint density at radius 2 is 2.00 bits per heavy atom. The van der Waals surface area contributed by atoms with E-state index in [2.05, 4.69) is 31.1 Å². The van der Waals surface area contributed by atoms with Gasteiger partial charge in [0.15, 0.2) is 0 Å². The molecule has 1 aliphatic rings. The molecule has 0 aromatic heterocycles. The van der Waals surface area contributed by atoms with E-state index in [1.165, 1.54) is 6.42 Å². The highest BCUT2D eigenvalue weighted by molar-refractivity contribution is 5.81. The Bertz CT molecular complexity index is 222. The Kier molecular flexibility index (Phi) is 5.22. The summed E-state index contributed by atoms with van der Waals surface area (Å²) < 4.78 is 0. The first kappa shape index (κ1) is 13.5. The van der Waals surface area contributed by atoms with Crippen molar-refractivity contribution >= 4 is 5.91 Å². The third kappa shape index (κ3) is 3.46. The van der Waals surface area contributed by atoms with E-state index in [1.807, 2.05) is 0 Å². The Morgan fingerprint density at radius 1 is 1.44 bits per heavy atom. The minimum Gasteiger partial charge on any atom is -0.293 e. The quantitative estimate of drug-likeness (QED) is 0.430. The Balaban J connectivity index is 2.65. The summed E-state index contributed by atoms with van der Waals surface area (Å²) in [6, 6.07) is -0.0415. The molecular weight excluding hydrogens is 202 g/mol. The van der Waals surface area contributed by atoms with Gasteiger partial charge in [0.25, 0.3) is 5.91 Å². The maximum Gasteiger partial charge on any atom is 0.251 e. The van der Waals surface area contributed by atoms with Crippen LogP contribution in [0.25, 0.3) is 0 Å². The smallest absolute Gasteiger partial charge is 0.251 e. The molecule has 0 aromatic carbocycles. The van der Waals surface area contributed by atoms with Gasteiger partial charge in [-0.3, -0.25) is 15.1 Å². The van der Waals surface area contributed by atoms with Crippen molar-refractivity contribution in [3.05, 3.63) is 0 Å². The van der Waals surface area contributed by atoms with Crippen molar-refractivity contribution in [1.29, 1.82) is 0 Å². The first-order valence-electron chi connectivity index (χ1n) is 6.33. The molecule has 16 heavy (non-hydrogen) atoms. The van der Waals surface area contributed by atoms with E-state index < -0.39 is 0 Å². The minimum atomic E-state index is -0.0415. The summed E-state index contributed by atoms with van der Waals surface area (Å²) in [7, 11) is 0. The number of likely N-dealkylation sites (tertiary alicyclic amines) is 1. The summed E-state index contributed by atoms with van der Waals surface area (Å²) in [4.78, 5) is 14.0. The van der Waals surface area contributed by atoms with E-state index in [0.29, 0.717) is 11.8 Å². The van der Waals surface area contributed by atoms with E-state index in [4.69, 9.17) is 5.84 Å². The van der Waals surface area contributed by atoms with Crippen LogP contribution in [0, 0.1) is 11.8 Å². The fourth-order valence-corrected chi connectivity index (χ4v) is 2.81. The lowest BCUT2D eigenvalue weighted by Gasteiger charge is -2.39. The number of hydrazine groups is 1. The predicted octanol–water partition coefficient (Wildman–Crippen LogP) is 1.12. The van der Waals surface area contributed by atoms with Gasteiger partial charge in [0.2, 0.25) is 0 Å². The van der Waals surface area contributed by atoms with Crippen LogP contribution in [0.3, 0.4) is 0 Å². The molecule has 1 amide bonds. The van der Waals surface area contributed by atoms with Crippen molar-refractivity contribution in [2.45, 2.75) is 46.1 Å². The minimum absolute atomic E-state index is 0.0387. The van der Waals surface area contributed by atoms with E-state index in [0.717, 1.165) is 25.9 Å². The SMILES string of the molecule is CCCC(C(=O)NN)N1CC(C)CC(C)C1. The Labute approximate surface area is 98.5 Å². The van der Waals surface area contributed by atoms with Crippen LogP contribution in [-0.2, 0) is 4.79 Å². The van der Waals surface area contributed by atoms with Crippen molar-refractivity contribution in [3.8, 4) is 0 Å². The maximum absolute atomic E-state index is 11.7. The average molecular weight is 227 g/mol. The van der Waals surface area contributed by atoms with Crippen LogP contribution in [0.2, 0.25) is 0 Å². The molecule has 1 saturated heterocycles. The molecule has 0 radical (unpaired) electrons. The van der Waals surface area contributed by atoms with Gasteiger partial charge >= 0.3 is 0 Å². The normalized spacial score (nSPS) is 28.8. The molecule has 1 heterocycles. The fourth-order valence-electron chi connectivity index (χ4n) is 2.81. The second kappa shape index (κ2) is 6.21. The molecule has 94 valence electrons. The van der Waals surface area contributed by atoms with Gasteiger partial charge in [0, 0.05) is 13.1 Å². The summed E-state index contributed by atoms with van der Waals surface area (Å²) in [6.07, 6.45) is 3.17. The highest BCUT2D eigenvalue weighted by Crippen LogP contribution is 2.24. The van der Waals surface area contributed by atoms with Crippen molar-refractivity contribution in [2.24, 2.45) is 17.7 Å². The zero-order chi connectivity index (χ0) is 12.1. The second-order valence-corrected chi connectivity index (χ2v) is 5.21. The number of rotatable bonds is 4. The monoisotopic (exact) mass is 227 g/mol. The van der Waals surface area contributed by atoms with Gasteiger partial charge in [-0.05, 0) is 24.7 Å². The molecule has 3 unspecified atom stereocenters. The molecule has 0 aromatic rings. The van der Waals surface area contributed by atoms with Crippen LogP contribution in [0.1, 0.15) is 40.0 Å². The number of hydrogen-bond acceptors (Lipinski definition) is 3. The molecular formula is C12H25N3O. The highest BCUT2D eigenvalue weighted by Gasteiger charge is 2.30. The molecule has 1 fully saturated rings. The fraction of sp³-hybridized carbons (Fsp3) is 0.917. The summed E-state index contributed by atoms with van der Waals surface area (Å²) in [5.74, 6) is 6.56. The lowest BCUT2D eigenvalue weighted by molar-refractivity contribution is -0.128. The zero-order valence-electron chi connectivity index (χ0n) is 10.7. The number of nitrogens with two attached hydrogens (primary N) is 1. The molecule has 0 bridgehead atoms. The molecule has 1 aliphatic heterocycles. The highest BCUT2D eigenvalue weighted by atomic mass is 16.2. The van der Waals surface area contributed by atoms with Crippen molar-refractivity contribution in [2.75, 3.05) is 13.1 Å². The van der Waals surface area contributed by atoms with Crippen molar-refractivity contribution in [3.63, 3.8) is 0 Å². The maximum atomic E-state index is 11.7. The van der Waals surface area contributed by atoms with Gasteiger partial charge in [-0.1, -0.05) is 27.2 Å². The number of carbonyl (C=O) groups is 1. The molecule has 1 rings (SSSR count). The van der Waals surface area contributed by atoms with Crippen LogP contribution in [0.15, 0.2) is 0 Å². The number of amides is 1. The number of nitrogens with zero attached hydrogens (tertiary/aromatic N) is 1. The molecule has 4 nitrogen and oxygen atoms in total. The van der Waals surface area contributed by atoms with Gasteiger partial charge in [0.05, 0.1) is 6.04 Å². The topological polar surface area (TPSA) is 58.4 Å². The first-order chi connectivity index (χ1) is 7.58. The number of piperidine rings is 1. The predicted molar refractivity (Wildman–Crippen MR) is 65.5 cm³/mol. The molecule has 3 atom stereocenters.